The molecule has 0 aliphatic heterocycles. The summed E-state index contributed by atoms with van der Waals surface area (Å²) in [6.45, 7) is 4.32. The van der Waals surface area contributed by atoms with Crippen LogP contribution in [-0.4, -0.2) is 5.97 Å². The van der Waals surface area contributed by atoms with Gasteiger partial charge in [-0.2, -0.15) is 0 Å². The lowest BCUT2D eigenvalue weighted by Crippen LogP contribution is -2.07. The van der Waals surface area contributed by atoms with E-state index in [4.69, 9.17) is 4.74 Å². The van der Waals surface area contributed by atoms with Gasteiger partial charge < -0.3 is 4.74 Å². The molecule has 0 atom stereocenters. The zero-order chi connectivity index (χ0) is 15.1. The fourth-order valence-corrected chi connectivity index (χ4v) is 1.99. The molecule has 0 aliphatic carbocycles. The summed E-state index contributed by atoms with van der Waals surface area (Å²) >= 11 is 0. The Bertz CT molecular complexity index is 610. The second-order valence-electron chi connectivity index (χ2n) is 5.00. The molecule has 0 amide bonds. The monoisotopic (exact) mass is 280 g/mol. The van der Waals surface area contributed by atoms with Crippen LogP contribution in [0.25, 0.3) is 6.08 Å². The molecular formula is C19H20O2. The summed E-state index contributed by atoms with van der Waals surface area (Å²) < 4.78 is 5.37. The van der Waals surface area contributed by atoms with Gasteiger partial charge in [-0.1, -0.05) is 67.1 Å². The summed E-state index contributed by atoms with van der Waals surface area (Å²) in [5.41, 5.74) is 3.91. The molecule has 0 bridgehead atoms. The number of carbonyl (C=O) groups is 1. The van der Waals surface area contributed by atoms with Gasteiger partial charge in [-0.3, -0.25) is 0 Å². The second-order valence-corrected chi connectivity index (χ2v) is 5.00. The summed E-state index contributed by atoms with van der Waals surface area (Å²) in [4.78, 5) is 12.1. The SMILES string of the molecule is CC/C(=C/c1ccc(C)cc1)C(=O)OCc1ccccc1. The average Bonchev–Trinajstić information content (AvgIpc) is 2.53. The Morgan fingerprint density at radius 2 is 1.71 bits per heavy atom. The van der Waals surface area contributed by atoms with Crippen molar-refractivity contribution in [1.29, 1.82) is 0 Å². The predicted molar refractivity (Wildman–Crippen MR) is 85.7 cm³/mol. The summed E-state index contributed by atoms with van der Waals surface area (Å²) in [5, 5.41) is 0. The lowest BCUT2D eigenvalue weighted by molar-refractivity contribution is -0.140. The number of rotatable bonds is 5. The van der Waals surface area contributed by atoms with E-state index in [2.05, 4.69) is 0 Å². The first-order valence-corrected chi connectivity index (χ1v) is 7.17. The van der Waals surface area contributed by atoms with Gasteiger partial charge in [0.25, 0.3) is 0 Å². The molecule has 0 saturated heterocycles. The highest BCUT2D eigenvalue weighted by molar-refractivity contribution is 5.93. The Kier molecular flexibility index (Phi) is 5.33. The van der Waals surface area contributed by atoms with Crippen LogP contribution < -0.4 is 0 Å². The summed E-state index contributed by atoms with van der Waals surface area (Å²) in [6, 6.07) is 17.8. The van der Waals surface area contributed by atoms with E-state index >= 15 is 0 Å². The van der Waals surface area contributed by atoms with E-state index in [1.165, 1.54) is 5.56 Å². The van der Waals surface area contributed by atoms with Crippen molar-refractivity contribution >= 4 is 12.0 Å². The van der Waals surface area contributed by atoms with Crippen molar-refractivity contribution in [3.8, 4) is 0 Å². The van der Waals surface area contributed by atoms with Crippen molar-refractivity contribution in [1.82, 2.24) is 0 Å². The van der Waals surface area contributed by atoms with Crippen molar-refractivity contribution in [3.63, 3.8) is 0 Å². The van der Waals surface area contributed by atoms with Crippen molar-refractivity contribution in [2.75, 3.05) is 0 Å². The fraction of sp³-hybridized carbons (Fsp3) is 0.211. The van der Waals surface area contributed by atoms with Gasteiger partial charge in [0, 0.05) is 5.57 Å². The Morgan fingerprint density at radius 1 is 1.05 bits per heavy atom. The third-order valence-electron chi connectivity index (χ3n) is 3.27. The van der Waals surface area contributed by atoms with Gasteiger partial charge in [0.15, 0.2) is 0 Å². The minimum Gasteiger partial charge on any atom is -0.457 e. The van der Waals surface area contributed by atoms with E-state index < -0.39 is 0 Å². The number of ether oxygens (including phenoxy) is 1. The molecule has 108 valence electrons. The Morgan fingerprint density at radius 3 is 2.33 bits per heavy atom. The summed E-state index contributed by atoms with van der Waals surface area (Å²) in [7, 11) is 0. The lowest BCUT2D eigenvalue weighted by Gasteiger charge is -2.07. The molecule has 2 nitrogen and oxygen atoms in total. The van der Waals surface area contributed by atoms with E-state index in [-0.39, 0.29) is 5.97 Å². The Hall–Kier alpha value is -2.35. The lowest BCUT2D eigenvalue weighted by atomic mass is 10.1. The van der Waals surface area contributed by atoms with Crippen LogP contribution in [0.1, 0.15) is 30.0 Å². The normalized spacial score (nSPS) is 11.2. The van der Waals surface area contributed by atoms with E-state index in [1.54, 1.807) is 0 Å². The molecule has 0 fully saturated rings. The minimum absolute atomic E-state index is 0.248. The number of carbonyl (C=O) groups excluding carboxylic acids is 1. The van der Waals surface area contributed by atoms with Crippen molar-refractivity contribution < 1.29 is 9.53 Å². The zero-order valence-electron chi connectivity index (χ0n) is 12.5. The van der Waals surface area contributed by atoms with Crippen LogP contribution in [0, 0.1) is 6.92 Å². The topological polar surface area (TPSA) is 26.3 Å². The first-order valence-electron chi connectivity index (χ1n) is 7.17. The van der Waals surface area contributed by atoms with Gasteiger partial charge in [0.2, 0.25) is 0 Å². The van der Waals surface area contributed by atoms with Crippen molar-refractivity contribution in [2.24, 2.45) is 0 Å². The summed E-state index contributed by atoms with van der Waals surface area (Å²) in [5.74, 6) is -0.248. The highest BCUT2D eigenvalue weighted by Gasteiger charge is 2.09. The molecule has 2 heteroatoms. The zero-order valence-corrected chi connectivity index (χ0v) is 12.5. The van der Waals surface area contributed by atoms with Crippen LogP contribution in [0.3, 0.4) is 0 Å². The molecule has 21 heavy (non-hydrogen) atoms. The number of hydrogen-bond acceptors (Lipinski definition) is 2. The molecule has 0 aliphatic rings. The molecule has 2 aromatic rings. The number of benzene rings is 2. The van der Waals surface area contributed by atoms with Gasteiger partial charge in [-0.05, 0) is 30.5 Å². The number of hydrogen-bond donors (Lipinski definition) is 0. The molecule has 2 rings (SSSR count). The summed E-state index contributed by atoms with van der Waals surface area (Å²) in [6.07, 6.45) is 2.55. The van der Waals surface area contributed by atoms with Gasteiger partial charge in [-0.15, -0.1) is 0 Å². The van der Waals surface area contributed by atoms with Gasteiger partial charge in [0.1, 0.15) is 6.61 Å². The largest absolute Gasteiger partial charge is 0.457 e. The maximum absolute atomic E-state index is 12.1. The van der Waals surface area contributed by atoms with Crippen molar-refractivity contribution in [3.05, 3.63) is 76.9 Å². The highest BCUT2D eigenvalue weighted by Crippen LogP contribution is 2.13. The van der Waals surface area contributed by atoms with Crippen LogP contribution in [0.2, 0.25) is 0 Å². The average molecular weight is 280 g/mol. The maximum Gasteiger partial charge on any atom is 0.334 e. The fourth-order valence-electron chi connectivity index (χ4n) is 1.99. The van der Waals surface area contributed by atoms with Gasteiger partial charge >= 0.3 is 5.97 Å². The third-order valence-corrected chi connectivity index (χ3v) is 3.27. The maximum atomic E-state index is 12.1. The standard InChI is InChI=1S/C19H20O2/c1-3-18(13-16-11-9-15(2)10-12-16)19(20)21-14-17-7-5-4-6-8-17/h4-13H,3,14H2,1-2H3/b18-13-. The molecule has 0 aromatic heterocycles. The smallest absolute Gasteiger partial charge is 0.334 e. The van der Waals surface area contributed by atoms with E-state index in [1.807, 2.05) is 74.5 Å². The first-order chi connectivity index (χ1) is 10.2. The minimum atomic E-state index is -0.248. The molecule has 2 aromatic carbocycles. The number of esters is 1. The molecular weight excluding hydrogens is 260 g/mol. The van der Waals surface area contributed by atoms with Crippen LogP contribution in [0.4, 0.5) is 0 Å². The quantitative estimate of drug-likeness (QED) is 0.594. The Labute approximate surface area is 126 Å². The van der Waals surface area contributed by atoms with Crippen LogP contribution >= 0.6 is 0 Å². The Balaban J connectivity index is 2.03. The molecule has 0 saturated carbocycles. The molecule has 0 unspecified atom stereocenters. The van der Waals surface area contributed by atoms with Crippen molar-refractivity contribution in [2.45, 2.75) is 26.9 Å². The third kappa shape index (κ3) is 4.60. The van der Waals surface area contributed by atoms with E-state index in [0.29, 0.717) is 18.6 Å². The molecule has 0 radical (unpaired) electrons. The van der Waals surface area contributed by atoms with Crippen LogP contribution in [0.5, 0.6) is 0 Å². The van der Waals surface area contributed by atoms with E-state index in [9.17, 15) is 4.79 Å². The molecule has 0 heterocycles. The predicted octanol–water partition coefficient (Wildman–Crippen LogP) is 4.53. The number of aryl methyl sites for hydroxylation is 1. The first kappa shape index (κ1) is 15.0. The van der Waals surface area contributed by atoms with Crippen LogP contribution in [0.15, 0.2) is 60.2 Å². The molecule has 0 spiro atoms. The second kappa shape index (κ2) is 7.44. The highest BCUT2D eigenvalue weighted by atomic mass is 16.5. The van der Waals surface area contributed by atoms with Gasteiger partial charge in [0.05, 0.1) is 0 Å². The van der Waals surface area contributed by atoms with Crippen LogP contribution in [-0.2, 0) is 16.1 Å². The van der Waals surface area contributed by atoms with E-state index in [0.717, 1.165) is 11.1 Å². The van der Waals surface area contributed by atoms with Gasteiger partial charge in [-0.25, -0.2) is 4.79 Å². The molecule has 0 N–H and O–H groups in total.